The third kappa shape index (κ3) is 4.56. The average molecular weight is 326 g/mol. The number of hydrogen-bond acceptors (Lipinski definition) is 3. The number of amides is 1. The zero-order valence-corrected chi connectivity index (χ0v) is 12.9. The summed E-state index contributed by atoms with van der Waals surface area (Å²) in [5.41, 5.74) is 0.345. The van der Waals surface area contributed by atoms with Crippen molar-refractivity contribution in [2.24, 2.45) is 5.92 Å². The van der Waals surface area contributed by atoms with E-state index in [1.807, 2.05) is 12.2 Å². The van der Waals surface area contributed by atoms with Crippen LogP contribution in [0.4, 0.5) is 10.1 Å². The van der Waals surface area contributed by atoms with Crippen LogP contribution in [-0.4, -0.2) is 18.0 Å². The first-order chi connectivity index (χ1) is 10.5. The summed E-state index contributed by atoms with van der Waals surface area (Å²) in [5.74, 6) is -1.27. The van der Waals surface area contributed by atoms with E-state index in [-0.39, 0.29) is 17.4 Å². The molecule has 0 saturated heterocycles. The lowest BCUT2D eigenvalue weighted by Gasteiger charge is -2.15. The Balaban J connectivity index is 1.84. The van der Waals surface area contributed by atoms with Crippen molar-refractivity contribution in [3.8, 4) is 0 Å². The minimum atomic E-state index is -0.929. The number of halogens is 2. The van der Waals surface area contributed by atoms with Crippen LogP contribution in [0, 0.1) is 11.7 Å². The first-order valence-corrected chi connectivity index (χ1v) is 7.45. The number of benzene rings is 1. The average Bonchev–Trinajstić information content (AvgIpc) is 2.95. The molecule has 0 bridgehead atoms. The van der Waals surface area contributed by atoms with Crippen molar-refractivity contribution in [1.29, 1.82) is 0 Å². The van der Waals surface area contributed by atoms with E-state index in [9.17, 15) is 14.0 Å². The summed E-state index contributed by atoms with van der Waals surface area (Å²) in [6.07, 6.45) is 5.28. The van der Waals surface area contributed by atoms with E-state index in [2.05, 4.69) is 5.32 Å². The van der Waals surface area contributed by atoms with E-state index in [1.165, 1.54) is 19.1 Å². The standard InChI is InChI=1S/C16H17ClFNO3/c1-10(22-15(20)8-11-4-2-3-5-11)16(21)19-12-6-7-14(18)13(17)9-12/h2,4,6-7,9-11H,3,5,8H2,1H3,(H,19,21)/t10-,11+/m1/s1. The van der Waals surface area contributed by atoms with E-state index in [0.29, 0.717) is 5.69 Å². The number of allylic oxidation sites excluding steroid dienone is 2. The molecule has 0 saturated carbocycles. The second kappa shape index (κ2) is 7.40. The Morgan fingerprint density at radius 1 is 1.50 bits per heavy atom. The van der Waals surface area contributed by atoms with Gasteiger partial charge < -0.3 is 10.1 Å². The van der Waals surface area contributed by atoms with Crippen molar-refractivity contribution in [3.63, 3.8) is 0 Å². The molecular weight excluding hydrogens is 309 g/mol. The fraction of sp³-hybridized carbons (Fsp3) is 0.375. The molecule has 118 valence electrons. The first-order valence-electron chi connectivity index (χ1n) is 7.08. The highest BCUT2D eigenvalue weighted by molar-refractivity contribution is 6.31. The van der Waals surface area contributed by atoms with Crippen LogP contribution < -0.4 is 5.32 Å². The maximum atomic E-state index is 13.0. The van der Waals surface area contributed by atoms with Crippen molar-refractivity contribution >= 4 is 29.2 Å². The van der Waals surface area contributed by atoms with Crippen LogP contribution in [0.25, 0.3) is 0 Å². The van der Waals surface area contributed by atoms with Crippen molar-refractivity contribution in [1.82, 2.24) is 0 Å². The Kier molecular flexibility index (Phi) is 5.55. The van der Waals surface area contributed by atoms with Crippen LogP contribution >= 0.6 is 11.6 Å². The van der Waals surface area contributed by atoms with E-state index in [1.54, 1.807) is 0 Å². The predicted octanol–water partition coefficient (Wildman–Crippen LogP) is 3.71. The van der Waals surface area contributed by atoms with Gasteiger partial charge in [-0.25, -0.2) is 4.39 Å². The van der Waals surface area contributed by atoms with Gasteiger partial charge in [0.2, 0.25) is 0 Å². The number of carbonyl (C=O) groups is 2. The van der Waals surface area contributed by atoms with Gasteiger partial charge in [0, 0.05) is 5.69 Å². The number of anilines is 1. The fourth-order valence-corrected chi connectivity index (χ4v) is 2.38. The molecule has 0 fully saturated rings. The van der Waals surface area contributed by atoms with Crippen LogP contribution in [-0.2, 0) is 14.3 Å². The normalized spacial score (nSPS) is 18.0. The molecule has 0 aromatic heterocycles. The lowest BCUT2D eigenvalue weighted by molar-refractivity contribution is -0.153. The maximum absolute atomic E-state index is 13.0. The molecule has 1 amide bonds. The fourth-order valence-electron chi connectivity index (χ4n) is 2.20. The zero-order chi connectivity index (χ0) is 16.1. The van der Waals surface area contributed by atoms with Gasteiger partial charge in [0.05, 0.1) is 11.4 Å². The van der Waals surface area contributed by atoms with E-state index in [4.69, 9.17) is 16.3 Å². The first kappa shape index (κ1) is 16.5. The molecule has 2 atom stereocenters. The van der Waals surface area contributed by atoms with Crippen molar-refractivity contribution < 1.29 is 18.7 Å². The number of nitrogens with one attached hydrogen (secondary N) is 1. The molecule has 0 aliphatic heterocycles. The minimum Gasteiger partial charge on any atom is -0.453 e. The summed E-state index contributed by atoms with van der Waals surface area (Å²) in [6, 6.07) is 3.84. The predicted molar refractivity (Wildman–Crippen MR) is 82.1 cm³/mol. The molecular formula is C16H17ClFNO3. The van der Waals surface area contributed by atoms with Gasteiger partial charge in [0.25, 0.3) is 5.91 Å². The summed E-state index contributed by atoms with van der Waals surface area (Å²) >= 11 is 5.64. The minimum absolute atomic E-state index is 0.0875. The van der Waals surface area contributed by atoms with Gasteiger partial charge in [-0.15, -0.1) is 0 Å². The molecule has 4 nitrogen and oxygen atoms in total. The topological polar surface area (TPSA) is 55.4 Å². The highest BCUT2D eigenvalue weighted by atomic mass is 35.5. The van der Waals surface area contributed by atoms with Crippen LogP contribution in [0.15, 0.2) is 30.4 Å². The van der Waals surface area contributed by atoms with Crippen LogP contribution in [0.5, 0.6) is 0 Å². The summed E-state index contributed by atoms with van der Waals surface area (Å²) in [7, 11) is 0. The number of ether oxygens (including phenoxy) is 1. The second-order valence-corrected chi connectivity index (χ2v) is 5.63. The van der Waals surface area contributed by atoms with Gasteiger partial charge in [-0.2, -0.15) is 0 Å². The van der Waals surface area contributed by atoms with Crippen LogP contribution in [0.1, 0.15) is 26.2 Å². The smallest absolute Gasteiger partial charge is 0.307 e. The third-order valence-corrected chi connectivity index (χ3v) is 3.70. The van der Waals surface area contributed by atoms with Crippen LogP contribution in [0.3, 0.4) is 0 Å². The Morgan fingerprint density at radius 3 is 2.91 bits per heavy atom. The summed E-state index contributed by atoms with van der Waals surface area (Å²) in [4.78, 5) is 23.7. The molecule has 2 rings (SSSR count). The van der Waals surface area contributed by atoms with Gasteiger partial charge in [-0.3, -0.25) is 9.59 Å². The third-order valence-electron chi connectivity index (χ3n) is 3.41. The van der Waals surface area contributed by atoms with Crippen molar-refractivity contribution in [3.05, 3.63) is 41.2 Å². The maximum Gasteiger partial charge on any atom is 0.307 e. The Hall–Kier alpha value is -1.88. The lowest BCUT2D eigenvalue weighted by atomic mass is 10.1. The lowest BCUT2D eigenvalue weighted by Crippen LogP contribution is -2.30. The van der Waals surface area contributed by atoms with Crippen molar-refractivity contribution in [2.45, 2.75) is 32.3 Å². The Bertz CT molecular complexity index is 603. The molecule has 1 aromatic rings. The molecule has 1 aromatic carbocycles. The number of carbonyl (C=O) groups excluding carboxylic acids is 2. The summed E-state index contributed by atoms with van der Waals surface area (Å²) in [5, 5.41) is 2.44. The van der Waals surface area contributed by atoms with Gasteiger partial charge in [0.1, 0.15) is 5.82 Å². The second-order valence-electron chi connectivity index (χ2n) is 5.22. The van der Waals surface area contributed by atoms with Gasteiger partial charge in [-0.1, -0.05) is 23.8 Å². The highest BCUT2D eigenvalue weighted by Crippen LogP contribution is 2.22. The van der Waals surface area contributed by atoms with Gasteiger partial charge >= 0.3 is 5.97 Å². The molecule has 1 N–H and O–H groups in total. The Labute approximate surface area is 133 Å². The highest BCUT2D eigenvalue weighted by Gasteiger charge is 2.21. The molecule has 0 radical (unpaired) electrons. The quantitative estimate of drug-likeness (QED) is 0.663. The molecule has 6 heteroatoms. The molecule has 1 aliphatic carbocycles. The van der Waals surface area contributed by atoms with E-state index >= 15 is 0 Å². The summed E-state index contributed by atoms with van der Waals surface area (Å²) in [6.45, 7) is 1.49. The Morgan fingerprint density at radius 2 is 2.27 bits per heavy atom. The number of esters is 1. The zero-order valence-electron chi connectivity index (χ0n) is 12.1. The summed E-state index contributed by atoms with van der Waals surface area (Å²) < 4.78 is 18.1. The monoisotopic (exact) mass is 325 g/mol. The van der Waals surface area contributed by atoms with Gasteiger partial charge in [-0.05, 0) is 43.9 Å². The molecule has 1 aliphatic rings. The van der Waals surface area contributed by atoms with Crippen LogP contribution in [0.2, 0.25) is 5.02 Å². The number of rotatable bonds is 5. The largest absolute Gasteiger partial charge is 0.453 e. The van der Waals surface area contributed by atoms with E-state index < -0.39 is 23.8 Å². The van der Waals surface area contributed by atoms with E-state index in [0.717, 1.165) is 18.9 Å². The molecule has 0 spiro atoms. The molecule has 0 unspecified atom stereocenters. The molecule has 0 heterocycles. The molecule has 22 heavy (non-hydrogen) atoms. The number of hydrogen-bond donors (Lipinski definition) is 1. The van der Waals surface area contributed by atoms with Gasteiger partial charge in [0.15, 0.2) is 6.10 Å². The van der Waals surface area contributed by atoms with Crippen molar-refractivity contribution in [2.75, 3.05) is 5.32 Å². The SMILES string of the molecule is C[C@@H](OC(=O)C[C@H]1C=CCC1)C(=O)Nc1ccc(F)c(Cl)c1.